The van der Waals surface area contributed by atoms with Crippen LogP contribution in [-0.4, -0.2) is 35.0 Å². The number of carbonyl (C=O) groups excluding carboxylic acids is 1. The van der Waals surface area contributed by atoms with Crippen LogP contribution < -0.4 is 0 Å². The summed E-state index contributed by atoms with van der Waals surface area (Å²) in [6.07, 6.45) is -4.33. The van der Waals surface area contributed by atoms with E-state index in [9.17, 15) is 27.2 Å². The average molecular weight is 307 g/mol. The summed E-state index contributed by atoms with van der Waals surface area (Å²) >= 11 is 0. The van der Waals surface area contributed by atoms with Crippen molar-refractivity contribution in [2.45, 2.75) is 19.5 Å². The van der Waals surface area contributed by atoms with Gasteiger partial charge in [0.1, 0.15) is 12.4 Å². The fourth-order valence-corrected chi connectivity index (χ4v) is 1.72. The van der Waals surface area contributed by atoms with Gasteiger partial charge in [0, 0.05) is 6.54 Å². The van der Waals surface area contributed by atoms with Crippen molar-refractivity contribution in [2.24, 2.45) is 0 Å². The maximum absolute atomic E-state index is 13.6. The zero-order valence-electron chi connectivity index (χ0n) is 11.1. The van der Waals surface area contributed by atoms with Gasteiger partial charge in [-0.05, 0) is 24.6 Å². The first-order chi connectivity index (χ1) is 9.66. The van der Waals surface area contributed by atoms with E-state index in [4.69, 9.17) is 5.11 Å². The second-order valence-corrected chi connectivity index (χ2v) is 4.31. The van der Waals surface area contributed by atoms with Crippen molar-refractivity contribution in [1.82, 2.24) is 4.90 Å². The number of hydrogen-bond donors (Lipinski definition) is 1. The quantitative estimate of drug-likeness (QED) is 0.851. The van der Waals surface area contributed by atoms with Gasteiger partial charge >= 0.3 is 12.1 Å². The summed E-state index contributed by atoms with van der Waals surface area (Å²) in [5.41, 5.74) is -1.96. The Balaban J connectivity index is 3.17. The van der Waals surface area contributed by atoms with Crippen LogP contribution in [-0.2, 0) is 11.0 Å². The molecule has 0 unspecified atom stereocenters. The Morgan fingerprint density at radius 1 is 1.29 bits per heavy atom. The SMILES string of the molecule is CCCN(CC(=O)O)C(=O)c1cc(C(F)(F)F)ccc1F. The number of hydrogen-bond acceptors (Lipinski definition) is 2. The topological polar surface area (TPSA) is 57.6 Å². The van der Waals surface area contributed by atoms with Crippen LogP contribution in [0.1, 0.15) is 29.3 Å². The molecule has 0 aliphatic rings. The number of halogens is 4. The van der Waals surface area contributed by atoms with Crippen molar-refractivity contribution in [3.8, 4) is 0 Å². The Bertz CT molecular complexity index is 543. The number of amides is 1. The summed E-state index contributed by atoms with van der Waals surface area (Å²) in [5, 5.41) is 8.69. The number of carboxylic acid groups (broad SMARTS) is 1. The highest BCUT2D eigenvalue weighted by molar-refractivity contribution is 5.96. The summed E-state index contributed by atoms with van der Waals surface area (Å²) < 4.78 is 51.3. The molecule has 0 radical (unpaired) electrons. The molecule has 0 heterocycles. The van der Waals surface area contributed by atoms with Crippen LogP contribution in [0.15, 0.2) is 18.2 Å². The number of carboxylic acids is 1. The second kappa shape index (κ2) is 6.55. The lowest BCUT2D eigenvalue weighted by Gasteiger charge is -2.20. The Kier molecular flexibility index (Phi) is 5.28. The highest BCUT2D eigenvalue weighted by Gasteiger charge is 2.32. The summed E-state index contributed by atoms with van der Waals surface area (Å²) in [6, 6.07) is 1.45. The molecule has 1 aromatic rings. The number of carbonyl (C=O) groups is 2. The van der Waals surface area contributed by atoms with Crippen molar-refractivity contribution >= 4 is 11.9 Å². The maximum Gasteiger partial charge on any atom is 0.416 e. The molecular formula is C13H13F4NO3. The largest absolute Gasteiger partial charge is 0.480 e. The van der Waals surface area contributed by atoms with Crippen LogP contribution in [0.5, 0.6) is 0 Å². The minimum atomic E-state index is -4.72. The molecule has 1 amide bonds. The monoisotopic (exact) mass is 307 g/mol. The van der Waals surface area contributed by atoms with Crippen molar-refractivity contribution < 1.29 is 32.3 Å². The molecule has 21 heavy (non-hydrogen) atoms. The molecule has 1 aromatic carbocycles. The van der Waals surface area contributed by atoms with E-state index in [1.54, 1.807) is 6.92 Å². The highest BCUT2D eigenvalue weighted by Crippen LogP contribution is 2.30. The van der Waals surface area contributed by atoms with Gasteiger partial charge in [0.15, 0.2) is 0 Å². The molecule has 0 aliphatic carbocycles. The molecule has 0 atom stereocenters. The van der Waals surface area contributed by atoms with Gasteiger partial charge in [0.2, 0.25) is 0 Å². The summed E-state index contributed by atoms with van der Waals surface area (Å²) in [4.78, 5) is 23.5. The molecule has 8 heteroatoms. The van der Waals surface area contributed by atoms with E-state index in [1.807, 2.05) is 0 Å². The van der Waals surface area contributed by atoms with Crippen LogP contribution in [0.2, 0.25) is 0 Å². The molecule has 0 saturated carbocycles. The van der Waals surface area contributed by atoms with E-state index in [0.29, 0.717) is 24.6 Å². The van der Waals surface area contributed by atoms with E-state index in [1.165, 1.54) is 0 Å². The van der Waals surface area contributed by atoms with Crippen LogP contribution in [0.3, 0.4) is 0 Å². The third-order valence-corrected chi connectivity index (χ3v) is 2.63. The van der Waals surface area contributed by atoms with E-state index < -0.39 is 41.5 Å². The zero-order chi connectivity index (χ0) is 16.2. The van der Waals surface area contributed by atoms with E-state index >= 15 is 0 Å². The number of benzene rings is 1. The summed E-state index contributed by atoms with van der Waals surface area (Å²) in [6.45, 7) is 0.952. The van der Waals surface area contributed by atoms with Gasteiger partial charge in [-0.2, -0.15) is 13.2 Å². The highest BCUT2D eigenvalue weighted by atomic mass is 19.4. The Labute approximate surface area is 118 Å². The first-order valence-corrected chi connectivity index (χ1v) is 6.04. The van der Waals surface area contributed by atoms with E-state index in [2.05, 4.69) is 0 Å². The number of rotatable bonds is 5. The fourth-order valence-electron chi connectivity index (χ4n) is 1.72. The first-order valence-electron chi connectivity index (χ1n) is 6.04. The number of nitrogens with zero attached hydrogens (tertiary/aromatic N) is 1. The molecule has 116 valence electrons. The van der Waals surface area contributed by atoms with Crippen LogP contribution in [0.4, 0.5) is 17.6 Å². The zero-order valence-corrected chi connectivity index (χ0v) is 11.1. The molecule has 0 aromatic heterocycles. The third-order valence-electron chi connectivity index (χ3n) is 2.63. The van der Waals surface area contributed by atoms with Crippen molar-refractivity contribution in [3.05, 3.63) is 35.1 Å². The smallest absolute Gasteiger partial charge is 0.416 e. The Morgan fingerprint density at radius 3 is 2.38 bits per heavy atom. The van der Waals surface area contributed by atoms with Crippen LogP contribution in [0.25, 0.3) is 0 Å². The first kappa shape index (κ1) is 16.9. The predicted molar refractivity (Wildman–Crippen MR) is 65.2 cm³/mol. The summed E-state index contributed by atoms with van der Waals surface area (Å²) in [7, 11) is 0. The Hall–Kier alpha value is -2.12. The Morgan fingerprint density at radius 2 is 1.90 bits per heavy atom. The molecule has 0 aliphatic heterocycles. The molecule has 4 nitrogen and oxygen atoms in total. The van der Waals surface area contributed by atoms with E-state index in [0.717, 1.165) is 4.90 Å². The normalized spacial score (nSPS) is 11.3. The van der Waals surface area contributed by atoms with Crippen molar-refractivity contribution in [1.29, 1.82) is 0 Å². The maximum atomic E-state index is 13.6. The van der Waals surface area contributed by atoms with Gasteiger partial charge in [0.05, 0.1) is 11.1 Å². The lowest BCUT2D eigenvalue weighted by molar-refractivity contribution is -0.138. The van der Waals surface area contributed by atoms with Crippen LogP contribution >= 0.6 is 0 Å². The molecule has 1 N–H and O–H groups in total. The predicted octanol–water partition coefficient (Wildman–Crippen LogP) is 2.78. The number of aliphatic carboxylic acids is 1. The van der Waals surface area contributed by atoms with Crippen LogP contribution in [0, 0.1) is 5.82 Å². The standard InChI is InChI=1S/C13H13F4NO3/c1-2-5-18(7-11(19)20)12(21)9-6-8(13(15,16)17)3-4-10(9)14/h3-4,6H,2,5,7H2,1H3,(H,19,20). The van der Waals surface area contributed by atoms with Gasteiger partial charge in [-0.25, -0.2) is 4.39 Å². The summed E-state index contributed by atoms with van der Waals surface area (Å²) in [5.74, 6) is -3.54. The van der Waals surface area contributed by atoms with Gasteiger partial charge in [0.25, 0.3) is 5.91 Å². The van der Waals surface area contributed by atoms with E-state index in [-0.39, 0.29) is 6.54 Å². The molecule has 0 spiro atoms. The molecule has 1 rings (SSSR count). The molecule has 0 fully saturated rings. The molecule has 0 bridgehead atoms. The minimum absolute atomic E-state index is 0.000812. The van der Waals surface area contributed by atoms with Gasteiger partial charge < -0.3 is 10.0 Å². The lowest BCUT2D eigenvalue weighted by Crippen LogP contribution is -2.36. The minimum Gasteiger partial charge on any atom is -0.480 e. The lowest BCUT2D eigenvalue weighted by atomic mass is 10.1. The van der Waals surface area contributed by atoms with Gasteiger partial charge in [-0.3, -0.25) is 9.59 Å². The molecular weight excluding hydrogens is 294 g/mol. The second-order valence-electron chi connectivity index (χ2n) is 4.31. The van der Waals surface area contributed by atoms with Gasteiger partial charge in [-0.15, -0.1) is 0 Å². The van der Waals surface area contributed by atoms with Gasteiger partial charge in [-0.1, -0.05) is 6.92 Å². The molecule has 0 saturated heterocycles. The number of alkyl halides is 3. The average Bonchev–Trinajstić information content (AvgIpc) is 2.36. The third kappa shape index (κ3) is 4.44. The van der Waals surface area contributed by atoms with Crippen molar-refractivity contribution in [2.75, 3.05) is 13.1 Å². The van der Waals surface area contributed by atoms with Crippen molar-refractivity contribution in [3.63, 3.8) is 0 Å². The fraction of sp³-hybridized carbons (Fsp3) is 0.385.